The number of rotatable bonds is 6. The summed E-state index contributed by atoms with van der Waals surface area (Å²) < 4.78 is 39.2. The Kier molecular flexibility index (Phi) is 5.59. The van der Waals surface area contributed by atoms with Gasteiger partial charge >= 0.3 is 0 Å². The van der Waals surface area contributed by atoms with Gasteiger partial charge in [-0.05, 0) is 43.2 Å². The van der Waals surface area contributed by atoms with E-state index in [1.165, 1.54) is 14.2 Å². The van der Waals surface area contributed by atoms with Crippen LogP contribution < -0.4 is 19.1 Å². The zero-order chi connectivity index (χ0) is 21.5. The topological polar surface area (TPSA) is 84.9 Å². The summed E-state index contributed by atoms with van der Waals surface area (Å²) in [5.41, 5.74) is 0.976. The molecule has 1 aliphatic carbocycles. The standard InChI is InChI=1S/C21H24N2O5S2/c1-13-12-23(21(24)14-4-5-14)18-11-16(7-9-20(18)29-13)30(25,26)22-17-8-6-15(27-2)10-19(17)28-3/h6-11,13-14,22H,4-5,12H2,1-3H3/t13-/m0/s1. The quantitative estimate of drug-likeness (QED) is 0.725. The van der Waals surface area contributed by atoms with E-state index in [0.29, 0.717) is 29.4 Å². The molecule has 1 N–H and O–H groups in total. The molecule has 0 unspecified atom stereocenters. The Balaban J connectivity index is 1.67. The summed E-state index contributed by atoms with van der Waals surface area (Å²) in [5.74, 6) is 1.06. The predicted molar refractivity (Wildman–Crippen MR) is 117 cm³/mol. The molecule has 0 saturated heterocycles. The van der Waals surface area contributed by atoms with Gasteiger partial charge in [-0.3, -0.25) is 9.52 Å². The van der Waals surface area contributed by atoms with E-state index in [4.69, 9.17) is 9.47 Å². The molecule has 4 rings (SSSR count). The third kappa shape index (κ3) is 4.09. The van der Waals surface area contributed by atoms with Crippen LogP contribution in [0, 0.1) is 5.92 Å². The van der Waals surface area contributed by atoms with Crippen molar-refractivity contribution < 1.29 is 22.7 Å². The van der Waals surface area contributed by atoms with Gasteiger partial charge in [0, 0.05) is 28.7 Å². The van der Waals surface area contributed by atoms with Crippen LogP contribution in [0.5, 0.6) is 11.5 Å². The molecule has 1 amide bonds. The Morgan fingerprint density at radius 2 is 1.90 bits per heavy atom. The number of carbonyl (C=O) groups excluding carboxylic acids is 1. The van der Waals surface area contributed by atoms with Gasteiger partial charge in [-0.25, -0.2) is 8.42 Å². The van der Waals surface area contributed by atoms with Gasteiger partial charge in [0.2, 0.25) is 5.91 Å². The summed E-state index contributed by atoms with van der Waals surface area (Å²) >= 11 is 1.66. The van der Waals surface area contributed by atoms with E-state index in [9.17, 15) is 13.2 Å². The molecule has 1 atom stereocenters. The Hall–Kier alpha value is -2.39. The van der Waals surface area contributed by atoms with Gasteiger partial charge in [-0.2, -0.15) is 0 Å². The minimum Gasteiger partial charge on any atom is -0.497 e. The van der Waals surface area contributed by atoms with Gasteiger partial charge < -0.3 is 14.4 Å². The van der Waals surface area contributed by atoms with E-state index in [2.05, 4.69) is 11.6 Å². The average molecular weight is 449 g/mol. The van der Waals surface area contributed by atoms with Crippen LogP contribution in [0.3, 0.4) is 0 Å². The first-order chi connectivity index (χ1) is 14.3. The predicted octanol–water partition coefficient (Wildman–Crippen LogP) is 3.74. The molecule has 2 aromatic rings. The van der Waals surface area contributed by atoms with Crippen molar-refractivity contribution in [3.8, 4) is 11.5 Å². The lowest BCUT2D eigenvalue weighted by molar-refractivity contribution is -0.119. The van der Waals surface area contributed by atoms with Crippen LogP contribution in [0.2, 0.25) is 0 Å². The molecule has 7 nitrogen and oxygen atoms in total. The van der Waals surface area contributed by atoms with Crippen LogP contribution in [-0.4, -0.2) is 40.3 Å². The number of carbonyl (C=O) groups is 1. The fraction of sp³-hybridized carbons (Fsp3) is 0.381. The molecule has 1 aliphatic heterocycles. The summed E-state index contributed by atoms with van der Waals surface area (Å²) in [4.78, 5) is 15.6. The number of hydrogen-bond acceptors (Lipinski definition) is 6. The van der Waals surface area contributed by atoms with E-state index in [0.717, 1.165) is 17.7 Å². The molecular formula is C21H24N2O5S2. The van der Waals surface area contributed by atoms with Crippen molar-refractivity contribution in [1.82, 2.24) is 0 Å². The normalized spacial score (nSPS) is 18.5. The number of nitrogens with one attached hydrogen (secondary N) is 1. The van der Waals surface area contributed by atoms with Gasteiger partial charge in [-0.1, -0.05) is 6.92 Å². The highest BCUT2D eigenvalue weighted by molar-refractivity contribution is 8.00. The van der Waals surface area contributed by atoms with Crippen LogP contribution in [0.25, 0.3) is 0 Å². The van der Waals surface area contributed by atoms with Crippen molar-refractivity contribution in [1.29, 1.82) is 0 Å². The second-order valence-electron chi connectivity index (χ2n) is 7.45. The van der Waals surface area contributed by atoms with Crippen LogP contribution >= 0.6 is 11.8 Å². The van der Waals surface area contributed by atoms with Gasteiger partial charge in [0.15, 0.2) is 0 Å². The fourth-order valence-electron chi connectivity index (χ4n) is 3.43. The molecule has 1 saturated carbocycles. The number of hydrogen-bond donors (Lipinski definition) is 1. The first-order valence-corrected chi connectivity index (χ1v) is 12.1. The van der Waals surface area contributed by atoms with Gasteiger partial charge in [0.1, 0.15) is 11.5 Å². The lowest BCUT2D eigenvalue weighted by Gasteiger charge is -2.33. The third-order valence-corrected chi connectivity index (χ3v) is 7.66. The maximum Gasteiger partial charge on any atom is 0.262 e. The number of thioether (sulfide) groups is 1. The lowest BCUT2D eigenvalue weighted by Crippen LogP contribution is -2.39. The van der Waals surface area contributed by atoms with Crippen molar-refractivity contribution in [3.05, 3.63) is 36.4 Å². The van der Waals surface area contributed by atoms with Crippen LogP contribution in [0.15, 0.2) is 46.2 Å². The fourth-order valence-corrected chi connectivity index (χ4v) is 5.61. The number of methoxy groups -OCH3 is 2. The summed E-state index contributed by atoms with van der Waals surface area (Å²) in [6, 6.07) is 9.80. The maximum absolute atomic E-state index is 13.1. The maximum atomic E-state index is 13.1. The van der Waals surface area contributed by atoms with E-state index < -0.39 is 10.0 Å². The smallest absolute Gasteiger partial charge is 0.262 e. The first kappa shape index (κ1) is 20.9. The van der Waals surface area contributed by atoms with Crippen molar-refractivity contribution in [2.24, 2.45) is 5.92 Å². The number of sulfonamides is 1. The van der Waals surface area contributed by atoms with Crippen molar-refractivity contribution >= 4 is 39.1 Å². The number of fused-ring (bicyclic) bond motifs is 1. The molecule has 160 valence electrons. The minimum atomic E-state index is -3.88. The zero-order valence-electron chi connectivity index (χ0n) is 17.0. The third-order valence-electron chi connectivity index (χ3n) is 5.14. The summed E-state index contributed by atoms with van der Waals surface area (Å²) in [6.45, 7) is 2.65. The molecule has 0 radical (unpaired) electrons. The van der Waals surface area contributed by atoms with Crippen LogP contribution in [-0.2, 0) is 14.8 Å². The monoisotopic (exact) mass is 448 g/mol. The summed E-state index contributed by atoms with van der Waals surface area (Å²) in [6.07, 6.45) is 1.81. The van der Waals surface area contributed by atoms with Crippen molar-refractivity contribution in [2.45, 2.75) is 34.8 Å². The molecule has 0 bridgehead atoms. The van der Waals surface area contributed by atoms with E-state index >= 15 is 0 Å². The molecule has 1 heterocycles. The molecule has 2 aromatic carbocycles. The Morgan fingerprint density at radius 3 is 2.57 bits per heavy atom. The second-order valence-corrected chi connectivity index (χ2v) is 10.6. The molecule has 0 spiro atoms. The Bertz CT molecular complexity index is 1080. The van der Waals surface area contributed by atoms with Crippen LogP contribution in [0.4, 0.5) is 11.4 Å². The largest absolute Gasteiger partial charge is 0.497 e. The molecule has 0 aromatic heterocycles. The van der Waals surface area contributed by atoms with Crippen molar-refractivity contribution in [3.63, 3.8) is 0 Å². The summed E-state index contributed by atoms with van der Waals surface area (Å²) in [7, 11) is -0.894. The number of amides is 1. The van der Waals surface area contributed by atoms with E-state index in [1.54, 1.807) is 53.1 Å². The molecule has 30 heavy (non-hydrogen) atoms. The highest BCUT2D eigenvalue weighted by atomic mass is 32.2. The molecule has 2 aliphatic rings. The molecular weight excluding hydrogens is 424 g/mol. The number of ether oxygens (including phenoxy) is 2. The zero-order valence-corrected chi connectivity index (χ0v) is 18.7. The molecule has 9 heteroatoms. The van der Waals surface area contributed by atoms with Crippen LogP contribution in [0.1, 0.15) is 19.8 Å². The molecule has 1 fully saturated rings. The number of nitrogens with zero attached hydrogens (tertiary/aromatic N) is 1. The second kappa shape index (κ2) is 8.03. The van der Waals surface area contributed by atoms with Gasteiger partial charge in [-0.15, -0.1) is 11.8 Å². The van der Waals surface area contributed by atoms with Crippen molar-refractivity contribution in [2.75, 3.05) is 30.4 Å². The van der Waals surface area contributed by atoms with E-state index in [-0.39, 0.29) is 22.0 Å². The first-order valence-electron chi connectivity index (χ1n) is 9.69. The number of anilines is 2. The minimum absolute atomic E-state index is 0.0649. The SMILES string of the molecule is COc1ccc(NS(=O)(=O)c2ccc3c(c2)N(C(=O)C2CC2)C[C@H](C)S3)c(OC)c1. The Morgan fingerprint density at radius 1 is 1.13 bits per heavy atom. The van der Waals surface area contributed by atoms with E-state index in [1.807, 2.05) is 0 Å². The summed E-state index contributed by atoms with van der Waals surface area (Å²) in [5, 5.41) is 0.254. The highest BCUT2D eigenvalue weighted by Gasteiger charge is 2.37. The highest BCUT2D eigenvalue weighted by Crippen LogP contribution is 2.43. The average Bonchev–Trinajstić information content (AvgIpc) is 3.57. The number of benzene rings is 2. The van der Waals surface area contributed by atoms with Gasteiger partial charge in [0.25, 0.3) is 10.0 Å². The van der Waals surface area contributed by atoms with Gasteiger partial charge in [0.05, 0.1) is 30.5 Å². The lowest BCUT2D eigenvalue weighted by atomic mass is 10.2. The Labute approximate surface area is 180 Å².